The molecule has 0 aliphatic rings. The van der Waals surface area contributed by atoms with Gasteiger partial charge in [0.1, 0.15) is 0 Å². The summed E-state index contributed by atoms with van der Waals surface area (Å²) in [5.41, 5.74) is 3.96. The molecule has 3 nitrogen and oxygen atoms in total. The lowest BCUT2D eigenvalue weighted by Gasteiger charge is -2.12. The van der Waals surface area contributed by atoms with E-state index in [1.807, 2.05) is 73.0 Å². The molecule has 0 bridgehead atoms. The molecule has 5 heteroatoms. The van der Waals surface area contributed by atoms with Crippen LogP contribution in [0.2, 0.25) is 5.02 Å². The van der Waals surface area contributed by atoms with E-state index in [0.29, 0.717) is 17.1 Å². The molecule has 2 aromatic heterocycles. The molecule has 134 valence electrons. The Morgan fingerprint density at radius 1 is 1.11 bits per heavy atom. The lowest BCUT2D eigenvalue weighted by molar-refractivity contribution is 0.0953. The van der Waals surface area contributed by atoms with E-state index in [1.54, 1.807) is 11.3 Å². The maximum Gasteiger partial charge on any atom is 0.252 e. The average molecular weight is 393 g/mol. The molecular formula is C22H17ClN2OS. The summed E-state index contributed by atoms with van der Waals surface area (Å²) in [5, 5.41) is 6.47. The second kappa shape index (κ2) is 7.51. The van der Waals surface area contributed by atoms with Crippen molar-refractivity contribution in [2.24, 2.45) is 0 Å². The topological polar surface area (TPSA) is 42.0 Å². The van der Waals surface area contributed by atoms with Gasteiger partial charge in [0.25, 0.3) is 5.91 Å². The number of fused-ring (bicyclic) bond motifs is 1. The largest absolute Gasteiger partial charge is 0.347 e. The minimum atomic E-state index is -0.116. The van der Waals surface area contributed by atoms with E-state index in [4.69, 9.17) is 16.6 Å². The Labute approximate surface area is 166 Å². The number of pyridine rings is 1. The van der Waals surface area contributed by atoms with Crippen molar-refractivity contribution in [2.75, 3.05) is 0 Å². The van der Waals surface area contributed by atoms with Gasteiger partial charge in [0.05, 0.1) is 23.3 Å². The van der Waals surface area contributed by atoms with Gasteiger partial charge in [-0.05, 0) is 36.1 Å². The highest BCUT2D eigenvalue weighted by Gasteiger charge is 2.16. The number of hydrogen-bond acceptors (Lipinski definition) is 3. The number of nitrogens with zero attached hydrogens (tertiary/aromatic N) is 1. The van der Waals surface area contributed by atoms with Gasteiger partial charge < -0.3 is 5.32 Å². The predicted octanol–water partition coefficient (Wildman–Crippen LogP) is 5.86. The molecule has 0 unspecified atom stereocenters. The van der Waals surface area contributed by atoms with Crippen LogP contribution in [0.3, 0.4) is 0 Å². The van der Waals surface area contributed by atoms with Crippen molar-refractivity contribution in [3.05, 3.63) is 87.1 Å². The highest BCUT2D eigenvalue weighted by Crippen LogP contribution is 2.30. The van der Waals surface area contributed by atoms with Gasteiger partial charge in [-0.1, -0.05) is 54.1 Å². The summed E-state index contributed by atoms with van der Waals surface area (Å²) in [6, 6.07) is 19.4. The van der Waals surface area contributed by atoms with Crippen LogP contribution in [0, 0.1) is 6.92 Å². The zero-order valence-corrected chi connectivity index (χ0v) is 16.3. The van der Waals surface area contributed by atoms with E-state index in [9.17, 15) is 4.79 Å². The zero-order chi connectivity index (χ0) is 18.8. The second-order valence-electron chi connectivity index (χ2n) is 6.25. The molecule has 0 fully saturated rings. The first-order valence-electron chi connectivity index (χ1n) is 8.59. The van der Waals surface area contributed by atoms with Gasteiger partial charge in [-0.3, -0.25) is 4.79 Å². The van der Waals surface area contributed by atoms with Gasteiger partial charge in [0, 0.05) is 20.8 Å². The van der Waals surface area contributed by atoms with Crippen LogP contribution in [0.1, 0.15) is 20.8 Å². The lowest BCUT2D eigenvalue weighted by atomic mass is 10.0. The van der Waals surface area contributed by atoms with Crippen LogP contribution >= 0.6 is 22.9 Å². The van der Waals surface area contributed by atoms with Gasteiger partial charge >= 0.3 is 0 Å². The van der Waals surface area contributed by atoms with Gasteiger partial charge in [-0.15, -0.1) is 11.3 Å². The number of hydrogen-bond donors (Lipinski definition) is 1. The first-order chi connectivity index (χ1) is 13.1. The number of halogens is 1. The minimum Gasteiger partial charge on any atom is -0.347 e. The molecule has 2 aromatic carbocycles. The van der Waals surface area contributed by atoms with Crippen LogP contribution in [0.5, 0.6) is 0 Å². The Bertz CT molecular complexity index is 1110. The van der Waals surface area contributed by atoms with Crippen LogP contribution in [0.25, 0.3) is 22.2 Å². The minimum absolute atomic E-state index is 0.116. The molecule has 1 N–H and O–H groups in total. The molecule has 0 atom stereocenters. The smallest absolute Gasteiger partial charge is 0.252 e. The molecule has 0 radical (unpaired) electrons. The van der Waals surface area contributed by atoms with Crippen molar-refractivity contribution in [3.8, 4) is 11.3 Å². The molecule has 0 saturated carbocycles. The first-order valence-corrected chi connectivity index (χ1v) is 9.85. The average Bonchev–Trinajstić information content (AvgIpc) is 3.22. The van der Waals surface area contributed by atoms with Crippen LogP contribution in [-0.2, 0) is 6.54 Å². The van der Waals surface area contributed by atoms with Crippen molar-refractivity contribution in [2.45, 2.75) is 13.5 Å². The third-order valence-corrected chi connectivity index (χ3v) is 5.77. The van der Waals surface area contributed by atoms with Crippen molar-refractivity contribution in [1.29, 1.82) is 0 Å². The molecule has 0 saturated heterocycles. The first kappa shape index (κ1) is 17.7. The Morgan fingerprint density at radius 3 is 2.67 bits per heavy atom. The number of benzene rings is 2. The van der Waals surface area contributed by atoms with Crippen LogP contribution < -0.4 is 5.32 Å². The van der Waals surface area contributed by atoms with Gasteiger partial charge in [-0.25, -0.2) is 4.98 Å². The Hall–Kier alpha value is -2.69. The van der Waals surface area contributed by atoms with Gasteiger partial charge in [-0.2, -0.15) is 0 Å². The molecule has 0 aliphatic carbocycles. The molecule has 0 aliphatic heterocycles. The number of carbonyl (C=O) groups excluding carboxylic acids is 1. The standard InChI is InChI=1S/C22H17ClN2OS/c1-14-19(23)10-9-17-18(22(26)24-13-16-8-5-11-27-16)12-20(25-21(14)17)15-6-3-2-4-7-15/h2-12H,13H2,1H3,(H,24,26). The number of carbonyl (C=O) groups is 1. The van der Waals surface area contributed by atoms with Crippen molar-refractivity contribution >= 4 is 39.7 Å². The number of nitrogens with one attached hydrogen (secondary N) is 1. The van der Waals surface area contributed by atoms with Gasteiger partial charge in [0.2, 0.25) is 0 Å². The van der Waals surface area contributed by atoms with E-state index in [-0.39, 0.29) is 5.91 Å². The van der Waals surface area contributed by atoms with E-state index in [2.05, 4.69) is 5.32 Å². The maximum absolute atomic E-state index is 13.0. The molecule has 27 heavy (non-hydrogen) atoms. The third-order valence-electron chi connectivity index (χ3n) is 4.49. The summed E-state index contributed by atoms with van der Waals surface area (Å²) >= 11 is 7.93. The van der Waals surface area contributed by atoms with Gasteiger partial charge in [0.15, 0.2) is 0 Å². The molecule has 0 spiro atoms. The van der Waals surface area contributed by atoms with Crippen molar-refractivity contribution < 1.29 is 4.79 Å². The Kier molecular flexibility index (Phi) is 4.92. The molecule has 4 aromatic rings. The third kappa shape index (κ3) is 3.59. The van der Waals surface area contributed by atoms with Crippen LogP contribution in [0.15, 0.2) is 66.0 Å². The fraction of sp³-hybridized carbons (Fsp3) is 0.0909. The molecule has 1 amide bonds. The van der Waals surface area contributed by atoms with E-state index in [1.165, 1.54) is 0 Å². The summed E-state index contributed by atoms with van der Waals surface area (Å²) in [4.78, 5) is 18.9. The number of thiophene rings is 1. The number of aromatic nitrogens is 1. The van der Waals surface area contributed by atoms with Crippen LogP contribution in [-0.4, -0.2) is 10.9 Å². The summed E-state index contributed by atoms with van der Waals surface area (Å²) in [6.07, 6.45) is 0. The van der Waals surface area contributed by atoms with E-state index < -0.39 is 0 Å². The molecule has 2 heterocycles. The predicted molar refractivity (Wildman–Crippen MR) is 112 cm³/mol. The fourth-order valence-corrected chi connectivity index (χ4v) is 3.82. The van der Waals surface area contributed by atoms with Crippen molar-refractivity contribution in [1.82, 2.24) is 10.3 Å². The fourth-order valence-electron chi connectivity index (χ4n) is 3.02. The quantitative estimate of drug-likeness (QED) is 0.473. The maximum atomic E-state index is 13.0. The second-order valence-corrected chi connectivity index (χ2v) is 7.69. The van der Waals surface area contributed by atoms with E-state index in [0.717, 1.165) is 32.6 Å². The highest BCUT2D eigenvalue weighted by molar-refractivity contribution is 7.09. The lowest BCUT2D eigenvalue weighted by Crippen LogP contribution is -2.23. The number of amides is 1. The Balaban J connectivity index is 1.82. The Morgan fingerprint density at radius 2 is 1.93 bits per heavy atom. The highest BCUT2D eigenvalue weighted by atomic mass is 35.5. The summed E-state index contributed by atoms with van der Waals surface area (Å²) in [7, 11) is 0. The SMILES string of the molecule is Cc1c(Cl)ccc2c(C(=O)NCc3cccs3)cc(-c3ccccc3)nc12. The summed E-state index contributed by atoms with van der Waals surface area (Å²) in [5.74, 6) is -0.116. The zero-order valence-electron chi connectivity index (χ0n) is 14.7. The number of rotatable bonds is 4. The number of aryl methyl sites for hydroxylation is 1. The summed E-state index contributed by atoms with van der Waals surface area (Å²) in [6.45, 7) is 2.44. The molecular weight excluding hydrogens is 376 g/mol. The van der Waals surface area contributed by atoms with E-state index >= 15 is 0 Å². The van der Waals surface area contributed by atoms with Crippen LogP contribution in [0.4, 0.5) is 0 Å². The van der Waals surface area contributed by atoms with Crippen molar-refractivity contribution in [3.63, 3.8) is 0 Å². The monoisotopic (exact) mass is 392 g/mol. The summed E-state index contributed by atoms with van der Waals surface area (Å²) < 4.78 is 0. The molecule has 4 rings (SSSR count). The normalized spacial score (nSPS) is 10.9.